The lowest BCUT2D eigenvalue weighted by atomic mass is 10.1. The highest BCUT2D eigenvalue weighted by atomic mass is 16.5. The van der Waals surface area contributed by atoms with E-state index in [0.717, 1.165) is 17.8 Å². The number of imidazole rings is 1. The molecule has 2 aromatic rings. The molecule has 0 saturated carbocycles. The molecule has 0 radical (unpaired) electrons. The van der Waals surface area contributed by atoms with Crippen molar-refractivity contribution in [3.63, 3.8) is 0 Å². The number of hydrogen-bond acceptors (Lipinski definition) is 4. The molecule has 2 rings (SSSR count). The molecule has 0 aliphatic rings. The van der Waals surface area contributed by atoms with Crippen molar-refractivity contribution in [1.29, 1.82) is 0 Å². The van der Waals surface area contributed by atoms with Gasteiger partial charge in [0, 0.05) is 12.6 Å². The maximum Gasteiger partial charge on any atom is 0.161 e. The number of methoxy groups -OCH3 is 1. The van der Waals surface area contributed by atoms with Gasteiger partial charge in [0.2, 0.25) is 0 Å². The summed E-state index contributed by atoms with van der Waals surface area (Å²) >= 11 is 0. The number of aromatic nitrogens is 2. The Hall–Kier alpha value is -2.01. The Morgan fingerprint density at radius 2 is 2.15 bits per heavy atom. The average Bonchev–Trinajstić information content (AvgIpc) is 2.92. The molecule has 0 saturated heterocycles. The highest BCUT2D eigenvalue weighted by Gasteiger charge is 2.09. The third-order valence-electron chi connectivity index (χ3n) is 3.23. The predicted octanol–water partition coefficient (Wildman–Crippen LogP) is 2.51. The van der Waals surface area contributed by atoms with Crippen molar-refractivity contribution < 1.29 is 9.47 Å². The molecular weight excluding hydrogens is 254 g/mol. The van der Waals surface area contributed by atoms with E-state index in [-0.39, 0.29) is 6.04 Å². The Labute approximate surface area is 119 Å². The van der Waals surface area contributed by atoms with E-state index in [2.05, 4.69) is 11.9 Å². The number of ether oxygens (including phenoxy) is 2. The number of nitrogens with two attached hydrogens (primary N) is 1. The van der Waals surface area contributed by atoms with E-state index in [4.69, 9.17) is 15.2 Å². The van der Waals surface area contributed by atoms with Crippen LogP contribution in [0.3, 0.4) is 0 Å². The summed E-state index contributed by atoms with van der Waals surface area (Å²) in [5.74, 6) is 1.41. The molecule has 1 aromatic carbocycles. The lowest BCUT2D eigenvalue weighted by Gasteiger charge is -2.14. The van der Waals surface area contributed by atoms with Crippen molar-refractivity contribution in [1.82, 2.24) is 9.55 Å². The first-order valence-corrected chi connectivity index (χ1v) is 6.71. The molecule has 1 atom stereocenters. The van der Waals surface area contributed by atoms with E-state index >= 15 is 0 Å². The van der Waals surface area contributed by atoms with Crippen LogP contribution < -0.4 is 15.2 Å². The van der Waals surface area contributed by atoms with Crippen molar-refractivity contribution in [2.75, 3.05) is 7.11 Å². The first-order valence-electron chi connectivity index (χ1n) is 6.71. The van der Waals surface area contributed by atoms with Crippen LogP contribution in [0.1, 0.15) is 31.1 Å². The summed E-state index contributed by atoms with van der Waals surface area (Å²) in [7, 11) is 1.63. The molecule has 0 aliphatic heterocycles. The summed E-state index contributed by atoms with van der Waals surface area (Å²) < 4.78 is 13.2. The molecule has 0 fully saturated rings. The number of benzene rings is 1. The molecule has 5 nitrogen and oxygen atoms in total. The second-order valence-corrected chi connectivity index (χ2v) is 4.66. The van der Waals surface area contributed by atoms with Gasteiger partial charge in [-0.25, -0.2) is 4.98 Å². The van der Waals surface area contributed by atoms with Gasteiger partial charge in [-0.15, -0.1) is 0 Å². The summed E-state index contributed by atoms with van der Waals surface area (Å²) in [6.45, 7) is 5.35. The monoisotopic (exact) mass is 275 g/mol. The minimum absolute atomic E-state index is 0.0283. The van der Waals surface area contributed by atoms with Crippen LogP contribution in [0.15, 0.2) is 30.7 Å². The van der Waals surface area contributed by atoms with E-state index < -0.39 is 0 Å². The number of aryl methyl sites for hydroxylation is 1. The summed E-state index contributed by atoms with van der Waals surface area (Å²) in [5, 5.41) is 0. The smallest absolute Gasteiger partial charge is 0.161 e. The zero-order valence-electron chi connectivity index (χ0n) is 12.2. The van der Waals surface area contributed by atoms with Crippen LogP contribution in [0.25, 0.3) is 0 Å². The van der Waals surface area contributed by atoms with Gasteiger partial charge >= 0.3 is 0 Å². The highest BCUT2D eigenvalue weighted by Crippen LogP contribution is 2.30. The fourth-order valence-corrected chi connectivity index (χ4v) is 1.99. The first kappa shape index (κ1) is 14.4. The number of hydrogen-bond donors (Lipinski definition) is 1. The van der Waals surface area contributed by atoms with Crippen LogP contribution in [0.4, 0.5) is 0 Å². The molecule has 108 valence electrons. The van der Waals surface area contributed by atoms with Crippen LogP contribution in [-0.4, -0.2) is 16.7 Å². The van der Waals surface area contributed by atoms with E-state index in [9.17, 15) is 0 Å². The third kappa shape index (κ3) is 3.11. The molecule has 5 heteroatoms. The molecule has 2 N–H and O–H groups in total. The SMILES string of the molecule is CCn1cncc1COc1ccc([C@H](C)N)cc1OC. The van der Waals surface area contributed by atoms with Crippen LogP contribution in [0, 0.1) is 0 Å². The van der Waals surface area contributed by atoms with Gasteiger partial charge in [-0.2, -0.15) is 0 Å². The maximum atomic E-state index is 5.87. The topological polar surface area (TPSA) is 62.3 Å². The van der Waals surface area contributed by atoms with Crippen LogP contribution in [0.5, 0.6) is 11.5 Å². The summed E-state index contributed by atoms with van der Waals surface area (Å²) in [5.41, 5.74) is 7.92. The summed E-state index contributed by atoms with van der Waals surface area (Å²) in [6.07, 6.45) is 3.61. The van der Waals surface area contributed by atoms with Gasteiger partial charge in [-0.1, -0.05) is 6.07 Å². The molecule has 0 spiro atoms. The van der Waals surface area contributed by atoms with Gasteiger partial charge in [-0.05, 0) is 31.5 Å². The van der Waals surface area contributed by atoms with E-state index in [1.807, 2.05) is 35.9 Å². The standard InChI is InChI=1S/C15H21N3O2/c1-4-18-10-17-8-13(18)9-20-14-6-5-12(11(2)16)7-15(14)19-3/h5-8,10-11H,4,9,16H2,1-3H3/t11-/m0/s1. The Morgan fingerprint density at radius 1 is 1.35 bits per heavy atom. The van der Waals surface area contributed by atoms with Crippen LogP contribution in [-0.2, 0) is 13.2 Å². The Kier molecular flexibility index (Phi) is 4.63. The zero-order chi connectivity index (χ0) is 14.5. The van der Waals surface area contributed by atoms with E-state index in [1.165, 1.54) is 0 Å². The number of nitrogens with zero attached hydrogens (tertiary/aromatic N) is 2. The molecule has 20 heavy (non-hydrogen) atoms. The minimum Gasteiger partial charge on any atom is -0.493 e. The zero-order valence-corrected chi connectivity index (χ0v) is 12.2. The summed E-state index contributed by atoms with van der Waals surface area (Å²) in [6, 6.07) is 5.74. The Bertz CT molecular complexity index is 564. The quantitative estimate of drug-likeness (QED) is 0.880. The second kappa shape index (κ2) is 6.43. The van der Waals surface area contributed by atoms with E-state index in [1.54, 1.807) is 13.4 Å². The van der Waals surface area contributed by atoms with Gasteiger partial charge in [0.05, 0.1) is 25.3 Å². The maximum absolute atomic E-state index is 5.87. The molecule has 0 aliphatic carbocycles. The van der Waals surface area contributed by atoms with Crippen LogP contribution in [0.2, 0.25) is 0 Å². The lowest BCUT2D eigenvalue weighted by molar-refractivity contribution is 0.276. The molecule has 1 aromatic heterocycles. The fraction of sp³-hybridized carbons (Fsp3) is 0.400. The largest absolute Gasteiger partial charge is 0.493 e. The van der Waals surface area contributed by atoms with Crippen molar-refractivity contribution in [2.45, 2.75) is 33.0 Å². The van der Waals surface area contributed by atoms with Gasteiger partial charge in [0.15, 0.2) is 11.5 Å². The van der Waals surface area contributed by atoms with Crippen molar-refractivity contribution in [3.05, 3.63) is 42.0 Å². The van der Waals surface area contributed by atoms with Crippen molar-refractivity contribution >= 4 is 0 Å². The lowest BCUT2D eigenvalue weighted by Crippen LogP contribution is -2.07. The van der Waals surface area contributed by atoms with E-state index in [0.29, 0.717) is 18.1 Å². The van der Waals surface area contributed by atoms with Gasteiger partial charge in [0.1, 0.15) is 6.61 Å². The first-order chi connectivity index (χ1) is 9.65. The molecule has 0 amide bonds. The van der Waals surface area contributed by atoms with Crippen molar-refractivity contribution in [3.8, 4) is 11.5 Å². The van der Waals surface area contributed by atoms with Crippen molar-refractivity contribution in [2.24, 2.45) is 5.73 Å². The van der Waals surface area contributed by atoms with Gasteiger partial charge in [0.25, 0.3) is 0 Å². The van der Waals surface area contributed by atoms with Gasteiger partial charge in [-0.3, -0.25) is 0 Å². The fourth-order valence-electron chi connectivity index (χ4n) is 1.99. The van der Waals surface area contributed by atoms with Gasteiger partial charge < -0.3 is 19.8 Å². The predicted molar refractivity (Wildman–Crippen MR) is 77.8 cm³/mol. The molecule has 0 bridgehead atoms. The average molecular weight is 275 g/mol. The Balaban J connectivity index is 2.13. The second-order valence-electron chi connectivity index (χ2n) is 4.66. The molecule has 0 unspecified atom stereocenters. The summed E-state index contributed by atoms with van der Waals surface area (Å²) in [4.78, 5) is 4.12. The highest BCUT2D eigenvalue weighted by molar-refractivity contribution is 5.43. The third-order valence-corrected chi connectivity index (χ3v) is 3.23. The molecule has 1 heterocycles. The van der Waals surface area contributed by atoms with Crippen LogP contribution >= 0.6 is 0 Å². The normalized spacial score (nSPS) is 12.2. The Morgan fingerprint density at radius 3 is 2.80 bits per heavy atom. The molecular formula is C15H21N3O2. The minimum atomic E-state index is -0.0283. The number of rotatable bonds is 6.